The van der Waals surface area contributed by atoms with Gasteiger partial charge in [-0.3, -0.25) is 39.2 Å². The number of piperidine rings is 3. The lowest BCUT2D eigenvalue weighted by Crippen LogP contribution is -2.53. The number of pyridine rings is 2. The maximum Gasteiger partial charge on any atom is 0.255 e. The molecule has 4 fully saturated rings. The number of anilines is 2. The molecular weight excluding hydrogens is 957 g/mol. The summed E-state index contributed by atoms with van der Waals surface area (Å²) in [4.78, 5) is 82.5. The van der Waals surface area contributed by atoms with Gasteiger partial charge in [0.2, 0.25) is 17.7 Å². The average Bonchev–Trinajstić information content (AvgIpc) is 3.79. The molecule has 5 aliphatic heterocycles. The van der Waals surface area contributed by atoms with Crippen LogP contribution in [0.3, 0.4) is 0 Å². The molecule has 5 aliphatic rings. The van der Waals surface area contributed by atoms with Gasteiger partial charge in [0.1, 0.15) is 11.9 Å². The fraction of sp³-hybridized carbons (Fsp3) is 0.589. The number of imide groups is 1. The molecule has 19 nitrogen and oxygen atoms in total. The van der Waals surface area contributed by atoms with Crippen molar-refractivity contribution in [1.29, 1.82) is 0 Å². The van der Waals surface area contributed by atoms with Crippen molar-refractivity contribution in [2.75, 3.05) is 135 Å². The third-order valence-corrected chi connectivity index (χ3v) is 15.1. The first-order chi connectivity index (χ1) is 36.8. The molecule has 19 heteroatoms. The van der Waals surface area contributed by atoms with E-state index in [1.807, 2.05) is 41.3 Å². The molecule has 5 amide bonds. The number of aromatic nitrogens is 2. The SMILES string of the molecule is O=C(/C=C/c1cccnc1)NCCCCC1CCN(C(=O)c2ccc(N3CCC(N4CCN(CCCOCCOCCOCCOCCNc5cccc6c5CN(C5CCC(=O)NC5=O)C6=O)CC4)CC3)nc2)CC1. The Kier molecular flexibility index (Phi) is 21.8. The highest BCUT2D eigenvalue weighted by Crippen LogP contribution is 2.32. The van der Waals surface area contributed by atoms with Gasteiger partial charge in [-0.05, 0) is 92.8 Å². The minimum absolute atomic E-state index is 0.0752. The molecule has 4 saturated heterocycles. The van der Waals surface area contributed by atoms with Gasteiger partial charge in [-0.2, -0.15) is 0 Å². The van der Waals surface area contributed by atoms with Crippen molar-refractivity contribution in [3.63, 3.8) is 0 Å². The highest BCUT2D eigenvalue weighted by Gasteiger charge is 2.40. The number of nitrogens with zero attached hydrogens (tertiary/aromatic N) is 7. The second-order valence-electron chi connectivity index (χ2n) is 20.1. The van der Waals surface area contributed by atoms with Crippen LogP contribution in [0.2, 0.25) is 0 Å². The summed E-state index contributed by atoms with van der Waals surface area (Å²) < 4.78 is 22.9. The Morgan fingerprint density at radius 2 is 1.48 bits per heavy atom. The van der Waals surface area contributed by atoms with Crippen LogP contribution in [0.25, 0.3) is 6.08 Å². The first-order valence-corrected chi connectivity index (χ1v) is 27.4. The molecule has 2 aromatic heterocycles. The number of hydrogen-bond donors (Lipinski definition) is 3. The molecule has 406 valence electrons. The zero-order valence-electron chi connectivity index (χ0n) is 43.7. The zero-order chi connectivity index (χ0) is 52.0. The molecule has 8 rings (SSSR count). The van der Waals surface area contributed by atoms with Crippen LogP contribution in [-0.4, -0.2) is 196 Å². The van der Waals surface area contributed by atoms with E-state index in [9.17, 15) is 24.0 Å². The van der Waals surface area contributed by atoms with Crippen molar-refractivity contribution in [2.45, 2.75) is 82.8 Å². The molecule has 75 heavy (non-hydrogen) atoms. The summed E-state index contributed by atoms with van der Waals surface area (Å²) in [6.45, 7) is 14.6. The molecule has 0 spiro atoms. The van der Waals surface area contributed by atoms with Crippen LogP contribution >= 0.6 is 0 Å². The number of amides is 5. The number of hydrogen-bond acceptors (Lipinski definition) is 15. The van der Waals surface area contributed by atoms with Crippen molar-refractivity contribution in [3.8, 4) is 0 Å². The fourth-order valence-corrected chi connectivity index (χ4v) is 10.8. The summed E-state index contributed by atoms with van der Waals surface area (Å²) in [7, 11) is 0. The number of fused-ring (bicyclic) bond motifs is 1. The predicted octanol–water partition coefficient (Wildman–Crippen LogP) is 4.24. The Labute approximate surface area is 442 Å². The van der Waals surface area contributed by atoms with E-state index in [4.69, 9.17) is 23.9 Å². The van der Waals surface area contributed by atoms with Gasteiger partial charge in [0.15, 0.2) is 0 Å². The fourth-order valence-electron chi connectivity index (χ4n) is 10.8. The summed E-state index contributed by atoms with van der Waals surface area (Å²) in [5.74, 6) is 0.652. The number of unbranched alkanes of at least 4 members (excludes halogenated alkanes) is 1. The molecule has 0 saturated carbocycles. The maximum atomic E-state index is 13.4. The van der Waals surface area contributed by atoms with Crippen molar-refractivity contribution in [2.24, 2.45) is 5.92 Å². The first kappa shape index (κ1) is 55.4. The van der Waals surface area contributed by atoms with Crippen molar-refractivity contribution >= 4 is 47.1 Å². The zero-order valence-corrected chi connectivity index (χ0v) is 43.7. The Hall–Kier alpha value is -5.83. The molecule has 1 unspecified atom stereocenters. The Balaban J connectivity index is 0.579. The third kappa shape index (κ3) is 16.8. The number of ether oxygens (including phenoxy) is 4. The number of piperazine rings is 1. The van der Waals surface area contributed by atoms with Gasteiger partial charge in [-0.1, -0.05) is 25.0 Å². The minimum atomic E-state index is -0.638. The predicted molar refractivity (Wildman–Crippen MR) is 285 cm³/mol. The molecular formula is C56H78N10O9. The largest absolute Gasteiger partial charge is 0.382 e. The molecule has 3 N–H and O–H groups in total. The van der Waals surface area contributed by atoms with E-state index in [1.54, 1.807) is 41.7 Å². The number of benzene rings is 1. The second-order valence-corrected chi connectivity index (χ2v) is 20.1. The number of rotatable bonds is 28. The molecule has 0 bridgehead atoms. The highest BCUT2D eigenvalue weighted by molar-refractivity contribution is 6.06. The maximum absolute atomic E-state index is 13.4. The van der Waals surface area contributed by atoms with Gasteiger partial charge in [0, 0.05) is 139 Å². The summed E-state index contributed by atoms with van der Waals surface area (Å²) in [5, 5.41) is 8.67. The lowest BCUT2D eigenvalue weighted by atomic mass is 9.91. The highest BCUT2D eigenvalue weighted by atomic mass is 16.6. The topological polar surface area (TPSA) is 200 Å². The number of likely N-dealkylation sites (tertiary alicyclic amines) is 1. The number of carbonyl (C=O) groups excluding carboxylic acids is 5. The minimum Gasteiger partial charge on any atom is -0.382 e. The average molecular weight is 1040 g/mol. The lowest BCUT2D eigenvalue weighted by molar-refractivity contribution is -0.137. The van der Waals surface area contributed by atoms with Crippen molar-refractivity contribution < 1.29 is 42.9 Å². The van der Waals surface area contributed by atoms with E-state index >= 15 is 0 Å². The Bertz CT molecular complexity index is 2320. The summed E-state index contributed by atoms with van der Waals surface area (Å²) in [5.41, 5.74) is 3.84. The van der Waals surface area contributed by atoms with Crippen LogP contribution in [0.4, 0.5) is 11.5 Å². The van der Waals surface area contributed by atoms with Crippen LogP contribution in [-0.2, 0) is 39.9 Å². The van der Waals surface area contributed by atoms with E-state index < -0.39 is 11.9 Å². The van der Waals surface area contributed by atoms with Gasteiger partial charge in [-0.15, -0.1) is 0 Å². The molecule has 7 heterocycles. The van der Waals surface area contributed by atoms with Gasteiger partial charge in [0.05, 0.1) is 51.8 Å². The Morgan fingerprint density at radius 1 is 0.733 bits per heavy atom. The quantitative estimate of drug-likeness (QED) is 0.0530. The third-order valence-electron chi connectivity index (χ3n) is 15.1. The number of carbonyl (C=O) groups is 5. The van der Waals surface area contributed by atoms with Crippen molar-refractivity contribution in [3.05, 3.63) is 89.4 Å². The molecule has 0 aliphatic carbocycles. The summed E-state index contributed by atoms with van der Waals surface area (Å²) in [6, 6.07) is 13.2. The summed E-state index contributed by atoms with van der Waals surface area (Å²) >= 11 is 0. The van der Waals surface area contributed by atoms with Gasteiger partial charge in [0.25, 0.3) is 11.8 Å². The standard InChI is InChI=1S/C56H78N10O9/c67-52(14-10-44-7-4-20-57-40-44)59-21-2-1-6-43-16-24-65(25-17-43)55(70)45-11-13-51(60-41-45)64-26-18-46(19-27-64)63-30-28-62(29-31-63)23-5-32-72-34-36-74-38-39-75-37-35-73-33-22-58-49-9-3-8-47-48(49)42-66(56(47)71)50-12-15-53(68)61-54(50)69/h3-4,7-11,13-14,20,40-41,43,46,50,58H,1-2,5-6,12,15-19,21-39,42H2,(H,59,67)(H,61,68,69)/b14-10+. The van der Waals surface area contributed by atoms with Crippen LogP contribution in [0.15, 0.2) is 67.1 Å². The molecule has 0 radical (unpaired) electrons. The first-order valence-electron chi connectivity index (χ1n) is 27.4. The van der Waals surface area contributed by atoms with Crippen LogP contribution < -0.4 is 20.9 Å². The van der Waals surface area contributed by atoms with E-state index in [0.717, 1.165) is 140 Å². The van der Waals surface area contributed by atoms with Gasteiger partial charge in [-0.25, -0.2) is 4.98 Å². The van der Waals surface area contributed by atoms with Gasteiger partial charge < -0.3 is 49.2 Å². The van der Waals surface area contributed by atoms with Crippen LogP contribution in [0.5, 0.6) is 0 Å². The second kappa shape index (κ2) is 29.5. The van der Waals surface area contributed by atoms with E-state index in [0.29, 0.717) is 95.4 Å². The van der Waals surface area contributed by atoms with Crippen LogP contribution in [0, 0.1) is 5.92 Å². The lowest BCUT2D eigenvalue weighted by Gasteiger charge is -2.43. The van der Waals surface area contributed by atoms with E-state index in [2.05, 4.69) is 35.6 Å². The monoisotopic (exact) mass is 1030 g/mol. The molecule has 1 atom stereocenters. The summed E-state index contributed by atoms with van der Waals surface area (Å²) in [6.07, 6.45) is 17.5. The number of nitrogens with one attached hydrogen (secondary N) is 3. The Morgan fingerprint density at radius 3 is 2.19 bits per heavy atom. The van der Waals surface area contributed by atoms with Gasteiger partial charge >= 0.3 is 0 Å². The van der Waals surface area contributed by atoms with Crippen LogP contribution in [0.1, 0.15) is 96.1 Å². The van der Waals surface area contributed by atoms with Crippen molar-refractivity contribution in [1.82, 2.24) is 40.2 Å². The molecule has 3 aromatic rings. The normalized spacial score (nSPS) is 19.2. The van der Waals surface area contributed by atoms with E-state index in [-0.39, 0.29) is 30.0 Å². The molecule has 1 aromatic carbocycles. The van der Waals surface area contributed by atoms with E-state index in [1.165, 1.54) is 0 Å². The smallest absolute Gasteiger partial charge is 0.255 e.